The van der Waals surface area contributed by atoms with E-state index in [4.69, 9.17) is 4.74 Å². The van der Waals surface area contributed by atoms with Crippen molar-refractivity contribution in [3.63, 3.8) is 0 Å². The molecule has 0 spiro atoms. The molecule has 5 nitrogen and oxygen atoms in total. The molecule has 0 bridgehead atoms. The van der Waals surface area contributed by atoms with Crippen LogP contribution in [0.5, 0.6) is 0 Å². The van der Waals surface area contributed by atoms with E-state index < -0.39 is 11.6 Å². The lowest BCUT2D eigenvalue weighted by molar-refractivity contribution is -0.154. The molecule has 5 heteroatoms. The Bertz CT molecular complexity index is 296. The van der Waals surface area contributed by atoms with E-state index in [1.165, 1.54) is 0 Å². The van der Waals surface area contributed by atoms with Gasteiger partial charge in [0.15, 0.2) is 0 Å². The number of likely N-dealkylation sites (tertiary alicyclic amines) is 1. The van der Waals surface area contributed by atoms with Crippen molar-refractivity contribution in [2.24, 2.45) is 0 Å². The summed E-state index contributed by atoms with van der Waals surface area (Å²) in [6, 6.07) is 0. The van der Waals surface area contributed by atoms with Gasteiger partial charge in [0.2, 0.25) is 5.91 Å². The Balaban J connectivity index is 2.38. The van der Waals surface area contributed by atoms with Crippen LogP contribution in [0.2, 0.25) is 0 Å². The predicted molar refractivity (Wildman–Crippen MR) is 66.9 cm³/mol. The summed E-state index contributed by atoms with van der Waals surface area (Å²) in [6.45, 7) is 3.71. The molecule has 1 saturated heterocycles. The molecule has 1 rings (SSSR count). The van der Waals surface area contributed by atoms with Crippen LogP contribution in [0.3, 0.4) is 0 Å². The molecule has 0 radical (unpaired) electrons. The molecule has 0 aromatic rings. The van der Waals surface area contributed by atoms with E-state index in [1.807, 2.05) is 0 Å². The average molecular weight is 257 g/mol. The van der Waals surface area contributed by atoms with Gasteiger partial charge in [-0.2, -0.15) is 0 Å². The van der Waals surface area contributed by atoms with E-state index in [9.17, 15) is 14.7 Å². The third-order valence-corrected chi connectivity index (χ3v) is 2.83. The van der Waals surface area contributed by atoms with Crippen LogP contribution in [-0.4, -0.2) is 47.2 Å². The topological polar surface area (TPSA) is 66.8 Å². The molecule has 0 unspecified atom stereocenters. The van der Waals surface area contributed by atoms with Crippen molar-refractivity contribution in [1.82, 2.24) is 4.90 Å². The maximum Gasteiger partial charge on any atom is 0.325 e. The minimum atomic E-state index is -1.03. The summed E-state index contributed by atoms with van der Waals surface area (Å²) in [6.07, 6.45) is 4.53. The minimum Gasteiger partial charge on any atom is -0.461 e. The van der Waals surface area contributed by atoms with Crippen LogP contribution in [-0.2, 0) is 14.3 Å². The highest BCUT2D eigenvalue weighted by Crippen LogP contribution is 2.11. The van der Waals surface area contributed by atoms with Crippen LogP contribution in [0.1, 0.15) is 46.0 Å². The van der Waals surface area contributed by atoms with Crippen LogP contribution in [0.15, 0.2) is 0 Å². The second-order valence-electron chi connectivity index (χ2n) is 5.45. The van der Waals surface area contributed by atoms with Gasteiger partial charge in [0, 0.05) is 13.0 Å². The highest BCUT2D eigenvalue weighted by Gasteiger charge is 2.21. The summed E-state index contributed by atoms with van der Waals surface area (Å²) in [5.74, 6) is -0.430. The summed E-state index contributed by atoms with van der Waals surface area (Å²) in [4.78, 5) is 24.9. The van der Waals surface area contributed by atoms with E-state index in [1.54, 1.807) is 18.7 Å². The fourth-order valence-corrected chi connectivity index (χ4v) is 1.84. The predicted octanol–water partition coefficient (Wildman–Crippen LogP) is 1.09. The Morgan fingerprint density at radius 2 is 2.00 bits per heavy atom. The first-order valence-electron chi connectivity index (χ1n) is 6.54. The zero-order chi connectivity index (χ0) is 13.6. The van der Waals surface area contributed by atoms with Crippen molar-refractivity contribution in [3.05, 3.63) is 0 Å². The van der Waals surface area contributed by atoms with Crippen molar-refractivity contribution >= 4 is 11.9 Å². The van der Waals surface area contributed by atoms with Crippen molar-refractivity contribution in [3.8, 4) is 0 Å². The number of ether oxygens (including phenoxy) is 1. The summed E-state index contributed by atoms with van der Waals surface area (Å²) >= 11 is 0. The number of nitrogens with zero attached hydrogens (tertiary/aromatic N) is 1. The Labute approximate surface area is 108 Å². The largest absolute Gasteiger partial charge is 0.461 e. The lowest BCUT2D eigenvalue weighted by atomic mass is 10.1. The number of carbonyl (C=O) groups is 2. The molecular weight excluding hydrogens is 234 g/mol. The number of aliphatic hydroxyl groups is 1. The molecule has 0 aliphatic carbocycles. The van der Waals surface area contributed by atoms with Crippen molar-refractivity contribution in [2.75, 3.05) is 19.7 Å². The smallest absolute Gasteiger partial charge is 0.325 e. The van der Waals surface area contributed by atoms with Crippen molar-refractivity contribution in [2.45, 2.75) is 51.6 Å². The van der Waals surface area contributed by atoms with Gasteiger partial charge in [-0.15, -0.1) is 0 Å². The molecule has 1 amide bonds. The van der Waals surface area contributed by atoms with Crippen LogP contribution in [0.4, 0.5) is 0 Å². The zero-order valence-electron chi connectivity index (χ0n) is 11.3. The first-order chi connectivity index (χ1) is 8.38. The maximum absolute atomic E-state index is 11.8. The first kappa shape index (κ1) is 15.0. The molecule has 0 atom stereocenters. The summed E-state index contributed by atoms with van der Waals surface area (Å²) in [5, 5.41) is 9.45. The lowest BCUT2D eigenvalue weighted by Crippen LogP contribution is -2.39. The molecule has 104 valence electrons. The van der Waals surface area contributed by atoms with Crippen LogP contribution < -0.4 is 0 Å². The SMILES string of the molecule is CC(C)(O)COC(=O)CN1CCCCCCC1=O. The number of carbonyl (C=O) groups excluding carboxylic acids is 2. The van der Waals surface area contributed by atoms with Crippen LogP contribution >= 0.6 is 0 Å². The number of esters is 1. The minimum absolute atomic E-state index is 0.00505. The number of hydrogen-bond acceptors (Lipinski definition) is 4. The van der Waals surface area contributed by atoms with E-state index in [-0.39, 0.29) is 19.1 Å². The van der Waals surface area contributed by atoms with Crippen molar-refractivity contribution < 1.29 is 19.4 Å². The van der Waals surface area contributed by atoms with Gasteiger partial charge in [0.1, 0.15) is 13.2 Å². The summed E-state index contributed by atoms with van der Waals surface area (Å²) in [5.41, 5.74) is -1.03. The maximum atomic E-state index is 11.8. The monoisotopic (exact) mass is 257 g/mol. The van der Waals surface area contributed by atoms with Gasteiger partial charge < -0.3 is 14.7 Å². The molecule has 0 saturated carbocycles. The van der Waals surface area contributed by atoms with Gasteiger partial charge in [-0.25, -0.2) is 0 Å². The van der Waals surface area contributed by atoms with Gasteiger partial charge in [0.25, 0.3) is 0 Å². The highest BCUT2D eigenvalue weighted by atomic mass is 16.5. The third kappa shape index (κ3) is 6.00. The number of hydrogen-bond donors (Lipinski definition) is 1. The molecule has 1 N–H and O–H groups in total. The fourth-order valence-electron chi connectivity index (χ4n) is 1.84. The third-order valence-electron chi connectivity index (χ3n) is 2.83. The lowest BCUT2D eigenvalue weighted by Gasteiger charge is -2.24. The molecule has 0 aromatic carbocycles. The van der Waals surface area contributed by atoms with E-state index in [0.717, 1.165) is 25.7 Å². The van der Waals surface area contributed by atoms with Crippen LogP contribution in [0.25, 0.3) is 0 Å². The summed E-state index contributed by atoms with van der Waals surface area (Å²) < 4.78 is 4.95. The second kappa shape index (κ2) is 6.73. The first-order valence-corrected chi connectivity index (χ1v) is 6.54. The highest BCUT2D eigenvalue weighted by molar-refractivity contribution is 5.82. The number of rotatable bonds is 4. The average Bonchev–Trinajstić information content (AvgIpc) is 2.25. The quantitative estimate of drug-likeness (QED) is 0.766. The molecule has 0 aromatic heterocycles. The van der Waals surface area contributed by atoms with Crippen LogP contribution in [0, 0.1) is 0 Å². The molecule has 1 aliphatic rings. The second-order valence-corrected chi connectivity index (χ2v) is 5.45. The number of amides is 1. The molecule has 1 fully saturated rings. The van der Waals surface area contributed by atoms with Gasteiger partial charge in [-0.3, -0.25) is 9.59 Å². The van der Waals surface area contributed by atoms with E-state index in [0.29, 0.717) is 13.0 Å². The van der Waals surface area contributed by atoms with Gasteiger partial charge in [0.05, 0.1) is 5.60 Å². The Kier molecular flexibility index (Phi) is 5.59. The molecular formula is C13H23NO4. The van der Waals surface area contributed by atoms with Gasteiger partial charge in [-0.1, -0.05) is 12.8 Å². The molecule has 1 heterocycles. The molecule has 1 aliphatic heterocycles. The standard InChI is InChI=1S/C13H23NO4/c1-13(2,17)10-18-12(16)9-14-8-6-4-3-5-7-11(14)15/h17H,3-10H2,1-2H3. The van der Waals surface area contributed by atoms with E-state index in [2.05, 4.69) is 0 Å². The van der Waals surface area contributed by atoms with Gasteiger partial charge in [-0.05, 0) is 26.7 Å². The fraction of sp³-hybridized carbons (Fsp3) is 0.846. The summed E-state index contributed by atoms with van der Waals surface area (Å²) in [7, 11) is 0. The van der Waals surface area contributed by atoms with E-state index >= 15 is 0 Å². The Morgan fingerprint density at radius 3 is 2.67 bits per heavy atom. The molecule has 18 heavy (non-hydrogen) atoms. The van der Waals surface area contributed by atoms with Gasteiger partial charge >= 0.3 is 5.97 Å². The normalized spacial score (nSPS) is 18.2. The van der Waals surface area contributed by atoms with Crippen molar-refractivity contribution in [1.29, 1.82) is 0 Å². The Hall–Kier alpha value is -1.10. The zero-order valence-corrected chi connectivity index (χ0v) is 11.3. The Morgan fingerprint density at radius 1 is 1.33 bits per heavy atom.